The molecule has 1 fully saturated rings. The molecule has 3 rings (SSSR count). The van der Waals surface area contributed by atoms with Gasteiger partial charge in [-0.25, -0.2) is 4.98 Å². The molecule has 0 aliphatic heterocycles. The molecule has 20 heavy (non-hydrogen) atoms. The highest BCUT2D eigenvalue weighted by Gasteiger charge is 2.40. The van der Waals surface area contributed by atoms with Crippen molar-refractivity contribution in [1.29, 1.82) is 0 Å². The molecule has 0 saturated heterocycles. The molecule has 0 radical (unpaired) electrons. The fourth-order valence-corrected chi connectivity index (χ4v) is 4.26. The molecule has 0 aromatic carbocycles. The van der Waals surface area contributed by atoms with E-state index < -0.39 is 0 Å². The van der Waals surface area contributed by atoms with Crippen LogP contribution < -0.4 is 11.1 Å². The maximum atomic E-state index is 12.5. The summed E-state index contributed by atoms with van der Waals surface area (Å²) in [6.45, 7) is 0.448. The van der Waals surface area contributed by atoms with Gasteiger partial charge in [-0.1, -0.05) is 12.8 Å². The van der Waals surface area contributed by atoms with Crippen molar-refractivity contribution in [2.75, 3.05) is 11.9 Å². The third-order valence-corrected chi connectivity index (χ3v) is 5.57. The van der Waals surface area contributed by atoms with Crippen molar-refractivity contribution in [1.82, 2.24) is 4.98 Å². The quantitative estimate of drug-likeness (QED) is 0.901. The van der Waals surface area contributed by atoms with Crippen molar-refractivity contribution in [2.45, 2.75) is 51.4 Å². The highest BCUT2D eigenvalue weighted by atomic mass is 35.5. The van der Waals surface area contributed by atoms with Gasteiger partial charge in [-0.2, -0.15) is 0 Å². The van der Waals surface area contributed by atoms with Crippen LogP contribution in [0.2, 0.25) is 0 Å². The summed E-state index contributed by atoms with van der Waals surface area (Å²) >= 11 is 1.65. The van der Waals surface area contributed by atoms with Crippen molar-refractivity contribution in [3.63, 3.8) is 0 Å². The normalized spacial score (nSPS) is 20.1. The first-order chi connectivity index (χ1) is 9.23. The molecule has 1 amide bonds. The van der Waals surface area contributed by atoms with Gasteiger partial charge in [0.05, 0.1) is 11.1 Å². The zero-order chi connectivity index (χ0) is 13.3. The minimum absolute atomic E-state index is 0. The second-order valence-corrected chi connectivity index (χ2v) is 6.83. The van der Waals surface area contributed by atoms with E-state index in [0.717, 1.165) is 43.7 Å². The second-order valence-electron chi connectivity index (χ2n) is 5.74. The molecule has 0 bridgehead atoms. The summed E-state index contributed by atoms with van der Waals surface area (Å²) in [6, 6.07) is 0. The summed E-state index contributed by atoms with van der Waals surface area (Å²) in [6.07, 6.45) is 8.69. The molecule has 0 spiro atoms. The number of carbonyl (C=O) groups is 1. The first-order valence-electron chi connectivity index (χ1n) is 7.24. The van der Waals surface area contributed by atoms with Crippen LogP contribution in [0.15, 0.2) is 0 Å². The Balaban J connectivity index is 0.00000147. The van der Waals surface area contributed by atoms with Crippen LogP contribution in [0, 0.1) is 5.41 Å². The maximum Gasteiger partial charge on any atom is 0.233 e. The number of hydrogen-bond donors (Lipinski definition) is 2. The van der Waals surface area contributed by atoms with Crippen LogP contribution in [0.1, 0.15) is 49.1 Å². The third-order valence-electron chi connectivity index (χ3n) is 4.50. The minimum Gasteiger partial charge on any atom is -0.329 e. The molecular formula is C14H22ClN3OS. The van der Waals surface area contributed by atoms with Crippen LogP contribution in [0.25, 0.3) is 0 Å². The Morgan fingerprint density at radius 1 is 1.25 bits per heavy atom. The zero-order valence-corrected chi connectivity index (χ0v) is 13.2. The number of fused-ring (bicyclic) bond motifs is 1. The summed E-state index contributed by atoms with van der Waals surface area (Å²) in [5.74, 6) is 0.0820. The molecule has 4 nitrogen and oxygen atoms in total. The number of anilines is 1. The fourth-order valence-electron chi connectivity index (χ4n) is 3.21. The Morgan fingerprint density at radius 2 is 1.95 bits per heavy atom. The second kappa shape index (κ2) is 6.41. The number of aromatic nitrogens is 1. The van der Waals surface area contributed by atoms with E-state index in [-0.39, 0.29) is 23.7 Å². The number of nitrogens with two attached hydrogens (primary N) is 1. The van der Waals surface area contributed by atoms with Gasteiger partial charge in [-0.3, -0.25) is 4.79 Å². The Kier molecular flexibility index (Phi) is 5.04. The SMILES string of the molecule is Cl.NCC1(C(=O)Nc2nc3c(s2)CCCC3)CCCC1. The van der Waals surface area contributed by atoms with Crippen molar-refractivity contribution < 1.29 is 4.79 Å². The lowest BCUT2D eigenvalue weighted by Crippen LogP contribution is -2.40. The van der Waals surface area contributed by atoms with E-state index in [4.69, 9.17) is 5.73 Å². The molecule has 2 aliphatic carbocycles. The standard InChI is InChI=1S/C14H21N3OS.ClH/c15-9-14(7-3-4-8-14)12(18)17-13-16-10-5-1-2-6-11(10)19-13;/h1-9,15H2,(H,16,17,18);1H. The average Bonchev–Trinajstić information content (AvgIpc) is 3.05. The number of carbonyl (C=O) groups excluding carboxylic acids is 1. The van der Waals surface area contributed by atoms with E-state index in [0.29, 0.717) is 6.54 Å². The smallest absolute Gasteiger partial charge is 0.233 e. The first kappa shape index (κ1) is 15.7. The average molecular weight is 316 g/mol. The van der Waals surface area contributed by atoms with Gasteiger partial charge in [-0.05, 0) is 38.5 Å². The van der Waals surface area contributed by atoms with Crippen LogP contribution in [-0.4, -0.2) is 17.4 Å². The molecule has 1 saturated carbocycles. The van der Waals surface area contributed by atoms with Gasteiger partial charge in [-0.15, -0.1) is 23.7 Å². The molecule has 1 heterocycles. The fraction of sp³-hybridized carbons (Fsp3) is 0.714. The predicted octanol–water partition coefficient (Wildman–Crippen LogP) is 2.90. The number of thiazole rings is 1. The number of halogens is 1. The van der Waals surface area contributed by atoms with Gasteiger partial charge < -0.3 is 11.1 Å². The van der Waals surface area contributed by atoms with Gasteiger partial charge >= 0.3 is 0 Å². The molecular weight excluding hydrogens is 294 g/mol. The molecule has 1 aromatic rings. The largest absolute Gasteiger partial charge is 0.329 e. The summed E-state index contributed by atoms with van der Waals surface area (Å²) in [5, 5.41) is 3.80. The highest BCUT2D eigenvalue weighted by molar-refractivity contribution is 7.15. The lowest BCUT2D eigenvalue weighted by Gasteiger charge is -2.24. The minimum atomic E-state index is -0.341. The van der Waals surface area contributed by atoms with Gasteiger partial charge in [0, 0.05) is 11.4 Å². The van der Waals surface area contributed by atoms with Crippen LogP contribution in [-0.2, 0) is 17.6 Å². The van der Waals surface area contributed by atoms with E-state index in [1.807, 2.05) is 0 Å². The number of amides is 1. The van der Waals surface area contributed by atoms with E-state index >= 15 is 0 Å². The van der Waals surface area contributed by atoms with Crippen LogP contribution in [0.3, 0.4) is 0 Å². The Morgan fingerprint density at radius 3 is 2.60 bits per heavy atom. The molecule has 0 atom stereocenters. The van der Waals surface area contributed by atoms with Crippen molar-refractivity contribution in [2.24, 2.45) is 11.1 Å². The lowest BCUT2D eigenvalue weighted by molar-refractivity contribution is -0.124. The van der Waals surface area contributed by atoms with E-state index in [9.17, 15) is 4.79 Å². The monoisotopic (exact) mass is 315 g/mol. The van der Waals surface area contributed by atoms with Crippen LogP contribution >= 0.6 is 23.7 Å². The van der Waals surface area contributed by atoms with Gasteiger partial charge in [0.15, 0.2) is 5.13 Å². The highest BCUT2D eigenvalue weighted by Crippen LogP contribution is 2.39. The molecule has 2 aliphatic rings. The molecule has 3 N–H and O–H groups in total. The third kappa shape index (κ3) is 2.85. The van der Waals surface area contributed by atoms with Gasteiger partial charge in [0.2, 0.25) is 5.91 Å². The molecule has 1 aromatic heterocycles. The van der Waals surface area contributed by atoms with E-state index in [1.165, 1.54) is 23.4 Å². The number of aryl methyl sites for hydroxylation is 2. The first-order valence-corrected chi connectivity index (χ1v) is 8.05. The number of hydrogen-bond acceptors (Lipinski definition) is 4. The maximum absolute atomic E-state index is 12.5. The molecule has 6 heteroatoms. The van der Waals surface area contributed by atoms with Gasteiger partial charge in [0.25, 0.3) is 0 Å². The van der Waals surface area contributed by atoms with E-state index in [1.54, 1.807) is 11.3 Å². The van der Waals surface area contributed by atoms with Crippen LogP contribution in [0.4, 0.5) is 5.13 Å². The number of nitrogens with one attached hydrogen (secondary N) is 1. The number of rotatable bonds is 3. The van der Waals surface area contributed by atoms with E-state index in [2.05, 4.69) is 10.3 Å². The lowest BCUT2D eigenvalue weighted by atomic mass is 9.85. The zero-order valence-electron chi connectivity index (χ0n) is 11.6. The van der Waals surface area contributed by atoms with Crippen LogP contribution in [0.5, 0.6) is 0 Å². The van der Waals surface area contributed by atoms with Crippen molar-refractivity contribution in [3.8, 4) is 0 Å². The topological polar surface area (TPSA) is 68.0 Å². The number of nitrogens with zero attached hydrogens (tertiary/aromatic N) is 1. The summed E-state index contributed by atoms with van der Waals surface area (Å²) in [7, 11) is 0. The summed E-state index contributed by atoms with van der Waals surface area (Å²) in [4.78, 5) is 18.4. The molecule has 112 valence electrons. The van der Waals surface area contributed by atoms with Crippen molar-refractivity contribution >= 4 is 34.8 Å². The molecule has 0 unspecified atom stereocenters. The van der Waals surface area contributed by atoms with Gasteiger partial charge in [0.1, 0.15) is 0 Å². The Bertz CT molecular complexity index is 459. The summed E-state index contributed by atoms with van der Waals surface area (Å²) < 4.78 is 0. The van der Waals surface area contributed by atoms with Crippen molar-refractivity contribution in [3.05, 3.63) is 10.6 Å². The Labute approximate surface area is 129 Å². The predicted molar refractivity (Wildman–Crippen MR) is 84.6 cm³/mol. The summed E-state index contributed by atoms with van der Waals surface area (Å²) in [5.41, 5.74) is 6.70. The Hall–Kier alpha value is -0.650.